The minimum absolute atomic E-state index is 0.173. The number of nitrogens with one attached hydrogen (secondary N) is 1. The van der Waals surface area contributed by atoms with Crippen LogP contribution in [0.5, 0.6) is 0 Å². The molecule has 8 heteroatoms. The molecule has 0 aliphatic carbocycles. The zero-order valence-electron chi connectivity index (χ0n) is 18.4. The number of amides is 1. The van der Waals surface area contributed by atoms with Crippen LogP contribution in [-0.2, 0) is 16.1 Å². The quantitative estimate of drug-likeness (QED) is 0.434. The zero-order chi connectivity index (χ0) is 22.5. The topological polar surface area (TPSA) is 86.1 Å². The van der Waals surface area contributed by atoms with Gasteiger partial charge in [0.25, 0.3) is 0 Å². The molecule has 3 rings (SSSR count). The number of hydrogen-bond acceptors (Lipinski definition) is 6. The molecule has 0 spiro atoms. The minimum Gasteiger partial charge on any atom is -0.465 e. The molecule has 162 valence electrons. The fourth-order valence-electron chi connectivity index (χ4n) is 3.28. The molecule has 0 saturated carbocycles. The summed E-state index contributed by atoms with van der Waals surface area (Å²) >= 11 is 1.33. The van der Waals surface area contributed by atoms with Gasteiger partial charge in [-0.25, -0.2) is 4.79 Å². The highest BCUT2D eigenvalue weighted by atomic mass is 32.2. The van der Waals surface area contributed by atoms with Crippen molar-refractivity contribution in [3.05, 3.63) is 58.7 Å². The number of carbonyl (C=O) groups is 2. The summed E-state index contributed by atoms with van der Waals surface area (Å²) in [6.07, 6.45) is 0. The first-order valence-corrected chi connectivity index (χ1v) is 11.0. The number of hydrogen-bond donors (Lipinski definition) is 1. The van der Waals surface area contributed by atoms with E-state index in [-0.39, 0.29) is 11.7 Å². The van der Waals surface area contributed by atoms with Gasteiger partial charge in [-0.1, -0.05) is 36.0 Å². The number of nitrogens with zero attached hydrogens (tertiary/aromatic N) is 3. The van der Waals surface area contributed by atoms with E-state index < -0.39 is 5.97 Å². The Bertz CT molecular complexity index is 1120. The van der Waals surface area contributed by atoms with E-state index in [1.807, 2.05) is 62.6 Å². The zero-order valence-corrected chi connectivity index (χ0v) is 19.2. The number of carbonyl (C=O) groups excluding carboxylic acids is 2. The predicted molar refractivity (Wildman–Crippen MR) is 122 cm³/mol. The molecule has 0 radical (unpaired) electrons. The van der Waals surface area contributed by atoms with Crippen LogP contribution in [0.3, 0.4) is 0 Å². The average Bonchev–Trinajstić information content (AvgIpc) is 3.17. The van der Waals surface area contributed by atoms with E-state index in [2.05, 4.69) is 15.5 Å². The van der Waals surface area contributed by atoms with Crippen molar-refractivity contribution in [1.29, 1.82) is 0 Å². The Labute approximate surface area is 186 Å². The lowest BCUT2D eigenvalue weighted by Crippen LogP contribution is -2.16. The van der Waals surface area contributed by atoms with Crippen molar-refractivity contribution in [2.24, 2.45) is 0 Å². The van der Waals surface area contributed by atoms with Crippen molar-refractivity contribution in [3.8, 4) is 11.4 Å². The van der Waals surface area contributed by atoms with Gasteiger partial charge < -0.3 is 14.6 Å². The first-order valence-electron chi connectivity index (χ1n) is 9.97. The summed E-state index contributed by atoms with van der Waals surface area (Å²) in [4.78, 5) is 24.5. The molecule has 0 unspecified atom stereocenters. The van der Waals surface area contributed by atoms with Gasteiger partial charge in [-0.2, -0.15) is 0 Å². The summed E-state index contributed by atoms with van der Waals surface area (Å²) in [6.45, 7) is 8.50. The maximum atomic E-state index is 12.6. The van der Waals surface area contributed by atoms with Crippen LogP contribution in [0.4, 0.5) is 5.69 Å². The van der Waals surface area contributed by atoms with E-state index >= 15 is 0 Å². The van der Waals surface area contributed by atoms with Crippen molar-refractivity contribution in [3.63, 3.8) is 0 Å². The molecule has 1 heterocycles. The van der Waals surface area contributed by atoms with E-state index in [0.29, 0.717) is 23.0 Å². The Morgan fingerprint density at radius 1 is 1.10 bits per heavy atom. The van der Waals surface area contributed by atoms with E-state index in [9.17, 15) is 9.59 Å². The summed E-state index contributed by atoms with van der Waals surface area (Å²) < 4.78 is 6.84. The highest BCUT2D eigenvalue weighted by Crippen LogP contribution is 2.26. The normalized spacial score (nSPS) is 10.7. The largest absolute Gasteiger partial charge is 0.465 e. The summed E-state index contributed by atoms with van der Waals surface area (Å²) in [5.41, 5.74) is 4.89. The van der Waals surface area contributed by atoms with Crippen LogP contribution in [0.2, 0.25) is 0 Å². The number of methoxy groups -OCH3 is 1. The standard InChI is InChI=1S/C23H26N4O3S/c1-6-27-21(18-10-8-7-9-14(18)2)25-26-23(27)31-13-20(28)24-17-11-15(3)16(4)19(12-17)22(29)30-5/h7-12H,6,13H2,1-5H3,(H,24,28). The van der Waals surface area contributed by atoms with Crippen LogP contribution in [0.25, 0.3) is 11.4 Å². The highest BCUT2D eigenvalue weighted by Gasteiger charge is 2.17. The molecule has 31 heavy (non-hydrogen) atoms. The van der Waals surface area contributed by atoms with Gasteiger partial charge in [0.1, 0.15) is 0 Å². The number of thioether (sulfide) groups is 1. The van der Waals surface area contributed by atoms with Gasteiger partial charge in [-0.05, 0) is 56.5 Å². The molecule has 0 fully saturated rings. The van der Waals surface area contributed by atoms with Crippen LogP contribution < -0.4 is 5.32 Å². The Morgan fingerprint density at radius 3 is 2.52 bits per heavy atom. The lowest BCUT2D eigenvalue weighted by atomic mass is 10.0. The lowest BCUT2D eigenvalue weighted by molar-refractivity contribution is -0.113. The molecule has 1 aromatic heterocycles. The Kier molecular flexibility index (Phi) is 7.12. The number of benzene rings is 2. The molecule has 0 saturated heterocycles. The number of aromatic nitrogens is 3. The average molecular weight is 439 g/mol. The summed E-state index contributed by atoms with van der Waals surface area (Å²) in [5, 5.41) is 12.2. The van der Waals surface area contributed by atoms with Gasteiger partial charge in [-0.3, -0.25) is 4.79 Å². The fraction of sp³-hybridized carbons (Fsp3) is 0.304. The molecule has 0 aliphatic rings. The first-order chi connectivity index (χ1) is 14.8. The lowest BCUT2D eigenvalue weighted by Gasteiger charge is -2.12. The summed E-state index contributed by atoms with van der Waals surface area (Å²) in [7, 11) is 1.34. The van der Waals surface area contributed by atoms with Crippen molar-refractivity contribution in [2.45, 2.75) is 39.4 Å². The van der Waals surface area contributed by atoms with Crippen molar-refractivity contribution < 1.29 is 14.3 Å². The van der Waals surface area contributed by atoms with Crippen molar-refractivity contribution in [1.82, 2.24) is 14.8 Å². The monoisotopic (exact) mass is 438 g/mol. The molecule has 2 aromatic carbocycles. The molecular weight excluding hydrogens is 412 g/mol. The third-order valence-electron chi connectivity index (χ3n) is 5.11. The van der Waals surface area contributed by atoms with Crippen LogP contribution >= 0.6 is 11.8 Å². The first kappa shape index (κ1) is 22.6. The maximum Gasteiger partial charge on any atom is 0.338 e. The van der Waals surface area contributed by atoms with E-state index in [1.54, 1.807) is 6.07 Å². The molecule has 1 N–H and O–H groups in total. The second-order valence-electron chi connectivity index (χ2n) is 7.16. The number of ether oxygens (including phenoxy) is 1. The maximum absolute atomic E-state index is 12.6. The van der Waals surface area contributed by atoms with Crippen molar-refractivity contribution >= 4 is 29.3 Å². The SMILES string of the molecule is CCn1c(SCC(=O)Nc2cc(C)c(C)c(C(=O)OC)c2)nnc1-c1ccccc1C. The van der Waals surface area contributed by atoms with Crippen LogP contribution in [-0.4, -0.2) is 39.5 Å². The van der Waals surface area contributed by atoms with Gasteiger partial charge in [0.2, 0.25) is 5.91 Å². The number of esters is 1. The molecule has 1 amide bonds. The second kappa shape index (κ2) is 9.78. The Hall–Kier alpha value is -3.13. The van der Waals surface area contributed by atoms with Gasteiger partial charge in [-0.15, -0.1) is 10.2 Å². The second-order valence-corrected chi connectivity index (χ2v) is 8.10. The number of aryl methyl sites for hydroxylation is 2. The van der Waals surface area contributed by atoms with Gasteiger partial charge in [0, 0.05) is 17.8 Å². The number of rotatable bonds is 7. The van der Waals surface area contributed by atoms with Gasteiger partial charge >= 0.3 is 5.97 Å². The molecule has 3 aromatic rings. The fourth-order valence-corrected chi connectivity index (χ4v) is 4.09. The third kappa shape index (κ3) is 4.96. The third-order valence-corrected chi connectivity index (χ3v) is 6.07. The molecular formula is C23H26N4O3S. The van der Waals surface area contributed by atoms with Crippen LogP contribution in [0.1, 0.15) is 34.0 Å². The molecule has 0 atom stereocenters. The predicted octanol–water partition coefficient (Wildman–Crippen LogP) is 4.41. The Morgan fingerprint density at radius 2 is 1.84 bits per heavy atom. The molecule has 7 nitrogen and oxygen atoms in total. The van der Waals surface area contributed by atoms with E-state index in [4.69, 9.17) is 4.74 Å². The molecule has 0 bridgehead atoms. The highest BCUT2D eigenvalue weighted by molar-refractivity contribution is 7.99. The number of anilines is 1. The summed E-state index contributed by atoms with van der Waals surface area (Å²) in [5.74, 6) is 0.352. The van der Waals surface area contributed by atoms with Crippen LogP contribution in [0.15, 0.2) is 41.6 Å². The smallest absolute Gasteiger partial charge is 0.338 e. The van der Waals surface area contributed by atoms with E-state index in [0.717, 1.165) is 28.1 Å². The summed E-state index contributed by atoms with van der Waals surface area (Å²) in [6, 6.07) is 11.5. The van der Waals surface area contributed by atoms with Crippen LogP contribution in [0, 0.1) is 20.8 Å². The minimum atomic E-state index is -0.425. The van der Waals surface area contributed by atoms with E-state index in [1.165, 1.54) is 18.9 Å². The Balaban J connectivity index is 1.73. The van der Waals surface area contributed by atoms with Gasteiger partial charge in [0.15, 0.2) is 11.0 Å². The van der Waals surface area contributed by atoms with Gasteiger partial charge in [0.05, 0.1) is 18.4 Å². The molecule has 0 aliphatic heterocycles. The van der Waals surface area contributed by atoms with Crippen molar-refractivity contribution in [2.75, 3.05) is 18.2 Å².